The number of aromatic nitrogens is 2. The van der Waals surface area contributed by atoms with Crippen molar-refractivity contribution < 1.29 is 19.0 Å². The van der Waals surface area contributed by atoms with E-state index in [1.54, 1.807) is 4.90 Å². The van der Waals surface area contributed by atoms with Gasteiger partial charge in [0.15, 0.2) is 0 Å². The van der Waals surface area contributed by atoms with Gasteiger partial charge < -0.3 is 24.5 Å². The molecule has 0 unspecified atom stereocenters. The van der Waals surface area contributed by atoms with Crippen molar-refractivity contribution in [2.45, 2.75) is 51.5 Å². The third-order valence-electron chi connectivity index (χ3n) is 7.69. The highest BCUT2D eigenvalue weighted by atomic mass is 19.1. The van der Waals surface area contributed by atoms with Crippen LogP contribution in [0.1, 0.15) is 36.6 Å². The molecule has 9 nitrogen and oxygen atoms in total. The van der Waals surface area contributed by atoms with Crippen LogP contribution in [0.2, 0.25) is 0 Å². The van der Waals surface area contributed by atoms with E-state index in [1.165, 1.54) is 24.3 Å². The zero-order valence-corrected chi connectivity index (χ0v) is 21.6. The van der Waals surface area contributed by atoms with Crippen molar-refractivity contribution in [1.29, 1.82) is 0 Å². The van der Waals surface area contributed by atoms with E-state index in [0.29, 0.717) is 63.5 Å². The number of rotatable bonds is 7. The molecule has 2 aromatic rings. The van der Waals surface area contributed by atoms with Gasteiger partial charge in [-0.05, 0) is 57.6 Å². The largest absolute Gasteiger partial charge is 0.508 e. The topological polar surface area (TPSA) is 85.3 Å². The molecule has 1 N–H and O–H groups in total. The molecule has 0 radical (unpaired) electrons. The van der Waals surface area contributed by atoms with E-state index in [1.807, 2.05) is 0 Å². The van der Waals surface area contributed by atoms with Crippen LogP contribution in [-0.4, -0.2) is 87.6 Å². The Balaban J connectivity index is 1.40. The van der Waals surface area contributed by atoms with Crippen LogP contribution >= 0.6 is 0 Å². The number of nitrogens with zero attached hydrogens (tertiary/aromatic N) is 6. The molecular weight excluding hydrogens is 475 g/mol. The van der Waals surface area contributed by atoms with E-state index in [2.05, 4.69) is 35.3 Å². The number of benzene rings is 1. The normalized spacial score (nSPS) is 22.4. The number of likely N-dealkylation sites (N-methyl/N-ethyl adjacent to an activating group) is 1. The van der Waals surface area contributed by atoms with E-state index >= 15 is 0 Å². The molecule has 0 bridgehead atoms. The number of ether oxygens (including phenoxy) is 1. The summed E-state index contributed by atoms with van der Waals surface area (Å²) < 4.78 is 20.5. The van der Waals surface area contributed by atoms with Gasteiger partial charge in [0, 0.05) is 62.5 Å². The predicted octanol–water partition coefficient (Wildman–Crippen LogP) is 2.53. The molecule has 2 fully saturated rings. The van der Waals surface area contributed by atoms with Gasteiger partial charge in [-0.3, -0.25) is 9.69 Å². The summed E-state index contributed by atoms with van der Waals surface area (Å²) in [5.74, 6) is 0.448. The molecule has 3 aliphatic heterocycles. The number of phenolic OH excluding ortho intramolecular Hbond substituents is 1. The van der Waals surface area contributed by atoms with Gasteiger partial charge in [-0.1, -0.05) is 6.58 Å². The number of hydrogen-bond donors (Lipinski definition) is 1. The van der Waals surface area contributed by atoms with Crippen LogP contribution in [0.5, 0.6) is 11.8 Å². The molecule has 2 atom stereocenters. The quantitative estimate of drug-likeness (QED) is 0.569. The molecule has 0 saturated carbocycles. The van der Waals surface area contributed by atoms with E-state index in [4.69, 9.17) is 14.7 Å². The van der Waals surface area contributed by atoms with Crippen molar-refractivity contribution in [1.82, 2.24) is 24.7 Å². The van der Waals surface area contributed by atoms with Gasteiger partial charge in [0.1, 0.15) is 24.0 Å². The van der Waals surface area contributed by atoms with Gasteiger partial charge >= 0.3 is 6.01 Å². The maximum absolute atomic E-state index is 14.4. The number of aromatic hydroxyl groups is 1. The highest BCUT2D eigenvalue weighted by Crippen LogP contribution is 2.34. The fourth-order valence-electron chi connectivity index (χ4n) is 5.58. The molecule has 4 heterocycles. The van der Waals surface area contributed by atoms with Crippen LogP contribution in [0.4, 0.5) is 10.2 Å². The van der Waals surface area contributed by atoms with Gasteiger partial charge in [-0.25, -0.2) is 4.39 Å². The first kappa shape index (κ1) is 25.4. The molecule has 2 saturated heterocycles. The monoisotopic (exact) mass is 510 g/mol. The first-order valence-electron chi connectivity index (χ1n) is 12.9. The second kappa shape index (κ2) is 10.6. The summed E-state index contributed by atoms with van der Waals surface area (Å²) in [7, 11) is 2.11. The molecular formula is C27H35FN6O3. The van der Waals surface area contributed by atoms with Crippen molar-refractivity contribution in [2.75, 3.05) is 44.7 Å². The third-order valence-corrected chi connectivity index (χ3v) is 7.69. The number of fused-ring (bicyclic) bond motifs is 1. The molecule has 0 aliphatic carbocycles. The van der Waals surface area contributed by atoms with Crippen LogP contribution < -0.4 is 9.64 Å². The zero-order valence-electron chi connectivity index (χ0n) is 21.6. The standard InChI is InChI=1S/C27H35FN6O3/c1-4-25(36)33-10-11-34(18(2)13-33)26-22-15-32(14-19-12-21(35)7-8-23(19)28)16-24(22)29-27(30-26)37-17-20-6-5-9-31(20)3/h4,7-8,12,18,20,35H,1,5-6,9-11,13-17H2,2-3H3/t18-,20-/m0/s1. The summed E-state index contributed by atoms with van der Waals surface area (Å²) >= 11 is 0. The lowest BCUT2D eigenvalue weighted by Gasteiger charge is -2.40. The maximum atomic E-state index is 14.4. The average molecular weight is 511 g/mol. The Bertz CT molecular complexity index is 1180. The molecule has 1 amide bonds. The third kappa shape index (κ3) is 5.40. The molecule has 10 heteroatoms. The minimum Gasteiger partial charge on any atom is -0.508 e. The van der Waals surface area contributed by atoms with Crippen molar-refractivity contribution in [3.63, 3.8) is 0 Å². The number of hydrogen-bond acceptors (Lipinski definition) is 8. The van der Waals surface area contributed by atoms with Gasteiger partial charge in [-0.2, -0.15) is 9.97 Å². The smallest absolute Gasteiger partial charge is 0.318 e. The Morgan fingerprint density at radius 1 is 1.27 bits per heavy atom. The van der Waals surface area contributed by atoms with Gasteiger partial charge in [0.05, 0.1) is 5.69 Å². The summed E-state index contributed by atoms with van der Waals surface area (Å²) in [6, 6.07) is 4.86. The summed E-state index contributed by atoms with van der Waals surface area (Å²) in [5.41, 5.74) is 2.31. The number of phenols is 1. The minimum atomic E-state index is -0.346. The van der Waals surface area contributed by atoms with Gasteiger partial charge in [-0.15, -0.1) is 0 Å². The van der Waals surface area contributed by atoms with E-state index < -0.39 is 0 Å². The Morgan fingerprint density at radius 3 is 2.84 bits per heavy atom. The fraction of sp³-hybridized carbons (Fsp3) is 0.519. The summed E-state index contributed by atoms with van der Waals surface area (Å²) in [6.07, 6.45) is 3.61. The Kier molecular flexibility index (Phi) is 7.30. The van der Waals surface area contributed by atoms with E-state index in [0.717, 1.165) is 36.5 Å². The fourth-order valence-corrected chi connectivity index (χ4v) is 5.58. The summed E-state index contributed by atoms with van der Waals surface area (Å²) in [4.78, 5) is 30.3. The van der Waals surface area contributed by atoms with Crippen molar-refractivity contribution in [3.8, 4) is 11.8 Å². The number of piperazine rings is 1. The predicted molar refractivity (Wildman–Crippen MR) is 138 cm³/mol. The number of anilines is 1. The number of carbonyl (C=O) groups is 1. The molecule has 0 spiro atoms. The molecule has 1 aromatic carbocycles. The SMILES string of the molecule is C=CC(=O)N1CCN(c2nc(OC[C@@H]3CCCN3C)nc3c2CN(Cc2cc(O)ccc2F)C3)[C@@H](C)C1. The Morgan fingerprint density at radius 2 is 2.11 bits per heavy atom. The second-order valence-corrected chi connectivity index (χ2v) is 10.3. The molecule has 1 aromatic heterocycles. The Labute approximate surface area is 217 Å². The van der Waals surface area contributed by atoms with E-state index in [9.17, 15) is 14.3 Å². The first-order chi connectivity index (χ1) is 17.8. The lowest BCUT2D eigenvalue weighted by atomic mass is 10.1. The first-order valence-corrected chi connectivity index (χ1v) is 12.9. The molecule has 3 aliphatic rings. The van der Waals surface area contributed by atoms with Crippen molar-refractivity contribution in [2.24, 2.45) is 0 Å². The van der Waals surface area contributed by atoms with Gasteiger partial charge in [0.2, 0.25) is 5.91 Å². The zero-order chi connectivity index (χ0) is 26.1. The van der Waals surface area contributed by atoms with Crippen LogP contribution in [-0.2, 0) is 24.4 Å². The second-order valence-electron chi connectivity index (χ2n) is 10.3. The lowest BCUT2D eigenvalue weighted by Crippen LogP contribution is -2.54. The maximum Gasteiger partial charge on any atom is 0.318 e. The van der Waals surface area contributed by atoms with Gasteiger partial charge in [0.25, 0.3) is 0 Å². The number of halogens is 1. The van der Waals surface area contributed by atoms with Crippen molar-refractivity contribution >= 4 is 11.7 Å². The average Bonchev–Trinajstić information content (AvgIpc) is 3.49. The van der Waals surface area contributed by atoms with E-state index in [-0.39, 0.29) is 23.5 Å². The molecule has 198 valence electrons. The number of likely N-dealkylation sites (tertiary alicyclic amines) is 1. The summed E-state index contributed by atoms with van der Waals surface area (Å²) in [5, 5.41) is 9.84. The Hall–Kier alpha value is -3.24. The highest BCUT2D eigenvalue weighted by Gasteiger charge is 2.33. The number of carbonyl (C=O) groups excluding carboxylic acids is 1. The van der Waals surface area contributed by atoms with Crippen LogP contribution in [0.3, 0.4) is 0 Å². The van der Waals surface area contributed by atoms with Crippen LogP contribution in [0, 0.1) is 5.82 Å². The highest BCUT2D eigenvalue weighted by molar-refractivity contribution is 5.87. The summed E-state index contributed by atoms with van der Waals surface area (Å²) in [6.45, 7) is 10.5. The van der Waals surface area contributed by atoms with Crippen molar-refractivity contribution in [3.05, 3.63) is 53.5 Å². The minimum absolute atomic E-state index is 0.0434. The van der Waals surface area contributed by atoms with Crippen LogP contribution in [0.25, 0.3) is 0 Å². The molecule has 37 heavy (non-hydrogen) atoms. The molecule has 5 rings (SSSR count). The van der Waals surface area contributed by atoms with Crippen LogP contribution in [0.15, 0.2) is 30.9 Å². The lowest BCUT2D eigenvalue weighted by molar-refractivity contribution is -0.126. The number of amides is 1.